The maximum Gasteiger partial charge on any atom is 0.339 e. The number of carbonyl (C=O) groups is 1. The van der Waals surface area contributed by atoms with Crippen molar-refractivity contribution in [3.63, 3.8) is 0 Å². The van der Waals surface area contributed by atoms with E-state index in [4.69, 9.17) is 14.2 Å². The fourth-order valence-corrected chi connectivity index (χ4v) is 3.63. The molecular weight excluding hydrogens is 392 g/mol. The summed E-state index contributed by atoms with van der Waals surface area (Å²) >= 11 is 0. The van der Waals surface area contributed by atoms with E-state index >= 15 is 0 Å². The van der Waals surface area contributed by atoms with Gasteiger partial charge in [-0.15, -0.1) is 0 Å². The molecule has 2 fully saturated rings. The maximum absolute atomic E-state index is 12.3. The molecule has 1 aromatic heterocycles. The number of esters is 1. The zero-order valence-corrected chi connectivity index (χ0v) is 16.2. The summed E-state index contributed by atoms with van der Waals surface area (Å²) in [6, 6.07) is 8.44. The van der Waals surface area contributed by atoms with Gasteiger partial charge in [0.2, 0.25) is 0 Å². The van der Waals surface area contributed by atoms with Gasteiger partial charge in [0.15, 0.2) is 12.8 Å². The number of aliphatic hydroxyl groups excluding tert-OH is 1. The molecule has 0 radical (unpaired) electrons. The maximum atomic E-state index is 12.3. The van der Waals surface area contributed by atoms with Crippen LogP contribution in [0.3, 0.4) is 0 Å². The van der Waals surface area contributed by atoms with Gasteiger partial charge in [0.1, 0.15) is 23.4 Å². The van der Waals surface area contributed by atoms with Gasteiger partial charge in [0, 0.05) is 6.20 Å². The van der Waals surface area contributed by atoms with Gasteiger partial charge in [-0.2, -0.15) is 0 Å². The summed E-state index contributed by atoms with van der Waals surface area (Å²) in [5, 5.41) is 10.4. The number of nitrogens with zero attached hydrogens (tertiary/aromatic N) is 1. The minimum Gasteiger partial charge on any atom is -0.449 e. The lowest BCUT2D eigenvalue weighted by molar-refractivity contribution is -0.175. The summed E-state index contributed by atoms with van der Waals surface area (Å²) in [7, 11) is 0. The number of benzene rings is 1. The topological polar surface area (TPSA) is 120 Å². The van der Waals surface area contributed by atoms with Crippen LogP contribution in [0.15, 0.2) is 46.1 Å². The van der Waals surface area contributed by atoms with Crippen molar-refractivity contribution < 1.29 is 24.1 Å². The van der Waals surface area contributed by atoms with Crippen LogP contribution in [-0.2, 0) is 14.2 Å². The molecule has 0 aliphatic carbocycles. The molecule has 2 N–H and O–H groups in total. The number of fused-ring (bicyclic) bond motifs is 2. The number of hydrogen-bond acceptors (Lipinski definition) is 7. The van der Waals surface area contributed by atoms with E-state index in [-0.39, 0.29) is 18.8 Å². The van der Waals surface area contributed by atoms with Crippen molar-refractivity contribution in [1.29, 1.82) is 0 Å². The molecule has 9 heteroatoms. The van der Waals surface area contributed by atoms with Crippen molar-refractivity contribution >= 4 is 5.97 Å². The largest absolute Gasteiger partial charge is 0.449 e. The van der Waals surface area contributed by atoms with Crippen LogP contribution in [0.25, 0.3) is 0 Å². The summed E-state index contributed by atoms with van der Waals surface area (Å²) < 4.78 is 17.7. The van der Waals surface area contributed by atoms with Crippen molar-refractivity contribution in [3.8, 4) is 11.8 Å². The van der Waals surface area contributed by atoms with E-state index in [1.54, 1.807) is 30.3 Å². The molecule has 2 aromatic rings. The van der Waals surface area contributed by atoms with Crippen LogP contribution in [0, 0.1) is 11.8 Å². The lowest BCUT2D eigenvalue weighted by Gasteiger charge is -2.30. The molecule has 0 amide bonds. The highest BCUT2D eigenvalue weighted by Gasteiger charge is 2.60. The number of aliphatic hydroxyl groups is 1. The minimum absolute atomic E-state index is 0.00299. The van der Waals surface area contributed by atoms with Gasteiger partial charge < -0.3 is 19.3 Å². The van der Waals surface area contributed by atoms with E-state index in [1.165, 1.54) is 6.20 Å². The van der Waals surface area contributed by atoms with Crippen LogP contribution in [0.4, 0.5) is 0 Å². The van der Waals surface area contributed by atoms with E-state index < -0.39 is 41.3 Å². The Kier molecular flexibility index (Phi) is 5.30. The summed E-state index contributed by atoms with van der Waals surface area (Å²) in [5.74, 6) is 4.66. The molecule has 4 rings (SSSR count). The van der Waals surface area contributed by atoms with Crippen LogP contribution in [0.5, 0.6) is 0 Å². The molecule has 30 heavy (non-hydrogen) atoms. The highest BCUT2D eigenvalue weighted by Crippen LogP contribution is 2.46. The van der Waals surface area contributed by atoms with Gasteiger partial charge in [-0.05, 0) is 18.6 Å². The number of hydrogen-bond donors (Lipinski definition) is 2. The lowest BCUT2D eigenvalue weighted by atomic mass is 9.96. The van der Waals surface area contributed by atoms with E-state index in [9.17, 15) is 19.5 Å². The van der Waals surface area contributed by atoms with E-state index in [0.717, 1.165) is 4.57 Å². The summed E-state index contributed by atoms with van der Waals surface area (Å²) in [6.45, 7) is 1.87. The number of aromatic amines is 1. The Balaban J connectivity index is 1.51. The molecule has 2 aliphatic rings. The van der Waals surface area contributed by atoms with Crippen LogP contribution in [0.1, 0.15) is 35.5 Å². The molecule has 2 aliphatic heterocycles. The Bertz CT molecular complexity index is 1130. The molecule has 156 valence electrons. The number of H-pyrrole nitrogens is 1. The van der Waals surface area contributed by atoms with Gasteiger partial charge in [0.05, 0.1) is 12.2 Å². The Morgan fingerprint density at radius 1 is 1.37 bits per heavy atom. The smallest absolute Gasteiger partial charge is 0.339 e. The van der Waals surface area contributed by atoms with Crippen molar-refractivity contribution in [1.82, 2.24) is 9.55 Å². The Hall–Kier alpha value is -3.19. The first kappa shape index (κ1) is 20.1. The van der Waals surface area contributed by atoms with Crippen molar-refractivity contribution in [2.24, 2.45) is 0 Å². The average molecular weight is 412 g/mol. The van der Waals surface area contributed by atoms with Gasteiger partial charge in [-0.3, -0.25) is 14.3 Å². The molecule has 2 bridgehead atoms. The van der Waals surface area contributed by atoms with Crippen LogP contribution >= 0.6 is 0 Å². The molecule has 0 saturated carbocycles. The van der Waals surface area contributed by atoms with E-state index in [2.05, 4.69) is 16.8 Å². The van der Waals surface area contributed by atoms with Crippen LogP contribution in [-0.4, -0.2) is 51.6 Å². The van der Waals surface area contributed by atoms with Crippen molar-refractivity contribution in [2.75, 3.05) is 13.2 Å². The van der Waals surface area contributed by atoms with Crippen molar-refractivity contribution in [3.05, 3.63) is 68.5 Å². The third-order valence-electron chi connectivity index (χ3n) is 5.36. The van der Waals surface area contributed by atoms with Gasteiger partial charge in [-0.1, -0.05) is 37.0 Å². The fourth-order valence-electron chi connectivity index (χ4n) is 3.63. The first-order valence-electron chi connectivity index (χ1n) is 9.49. The van der Waals surface area contributed by atoms with E-state index in [1.807, 2.05) is 6.92 Å². The minimum atomic E-state index is -0.880. The Morgan fingerprint density at radius 3 is 2.83 bits per heavy atom. The zero-order chi connectivity index (χ0) is 21.3. The van der Waals surface area contributed by atoms with Gasteiger partial charge >= 0.3 is 11.7 Å². The lowest BCUT2D eigenvalue weighted by Crippen LogP contribution is -2.41. The zero-order valence-electron chi connectivity index (χ0n) is 16.2. The second kappa shape index (κ2) is 7.91. The summed E-state index contributed by atoms with van der Waals surface area (Å²) in [4.78, 5) is 38.5. The Labute approximate surface area is 171 Å². The molecule has 0 spiro atoms. The average Bonchev–Trinajstić information content (AvgIpc) is 3.22. The summed E-state index contributed by atoms with van der Waals surface area (Å²) in [6.07, 6.45) is -0.703. The third kappa shape index (κ3) is 3.45. The highest BCUT2D eigenvalue weighted by molar-refractivity contribution is 5.89. The van der Waals surface area contributed by atoms with Crippen molar-refractivity contribution in [2.45, 2.75) is 37.4 Å². The highest BCUT2D eigenvalue weighted by atomic mass is 16.6. The molecular formula is C21H20N2O7. The fraction of sp³-hybridized carbons (Fsp3) is 0.381. The molecule has 1 aromatic carbocycles. The number of rotatable bonds is 4. The molecule has 1 unspecified atom stereocenters. The van der Waals surface area contributed by atoms with E-state index in [0.29, 0.717) is 12.0 Å². The first-order valence-corrected chi connectivity index (χ1v) is 9.49. The molecule has 2 saturated heterocycles. The standard InChI is InChI=1S/C21H20N2O7/c1-2-21-12-29-15(16(21)24)18(30-21)23-11-14(17(25)22-20(23)27)9-6-10-28-19(26)13-7-4-3-5-8-13/h3-5,7-8,11,15-16,18,24H,2,10,12H2,1H3,(H,22,25,27)/t15-,16?,18-,21-/m1/s1. The second-order valence-corrected chi connectivity index (χ2v) is 7.10. The Morgan fingerprint density at radius 2 is 2.13 bits per heavy atom. The van der Waals surface area contributed by atoms with Gasteiger partial charge in [0.25, 0.3) is 5.56 Å². The predicted molar refractivity (Wildman–Crippen MR) is 104 cm³/mol. The number of nitrogens with one attached hydrogen (secondary N) is 1. The molecule has 3 heterocycles. The number of ether oxygens (including phenoxy) is 3. The number of carbonyl (C=O) groups excluding carboxylic acids is 1. The predicted octanol–water partition coefficient (Wildman–Crippen LogP) is 0.182. The first-order chi connectivity index (χ1) is 14.4. The SMILES string of the molecule is CC[C@@]12CO[C@H](C1O)[C@H](n1cc(C#CCOC(=O)c3ccccc3)c(=O)[nH]c1=O)O2. The quantitative estimate of drug-likeness (QED) is 0.543. The summed E-state index contributed by atoms with van der Waals surface area (Å²) in [5.41, 5.74) is -1.85. The van der Waals surface area contributed by atoms with Crippen LogP contribution < -0.4 is 11.2 Å². The molecule has 4 atom stereocenters. The second-order valence-electron chi connectivity index (χ2n) is 7.10. The monoisotopic (exact) mass is 412 g/mol. The molecule has 9 nitrogen and oxygen atoms in total. The number of aromatic nitrogens is 2. The third-order valence-corrected chi connectivity index (χ3v) is 5.36. The normalized spacial score (nSPS) is 26.8. The van der Waals surface area contributed by atoms with Crippen LogP contribution in [0.2, 0.25) is 0 Å². The van der Waals surface area contributed by atoms with Gasteiger partial charge in [-0.25, -0.2) is 9.59 Å².